The van der Waals surface area contributed by atoms with E-state index in [1.165, 1.54) is 57.8 Å². The van der Waals surface area contributed by atoms with Crippen LogP contribution in [0.1, 0.15) is 98.3 Å². The van der Waals surface area contributed by atoms with E-state index < -0.39 is 0 Å². The van der Waals surface area contributed by atoms with Crippen LogP contribution in [0.15, 0.2) is 23.4 Å². The molecule has 4 aliphatic rings. The second-order valence-corrected chi connectivity index (χ2v) is 11.4. The maximum atomic E-state index is 10.9. The van der Waals surface area contributed by atoms with Gasteiger partial charge in [0.2, 0.25) is 5.70 Å². The summed E-state index contributed by atoms with van der Waals surface area (Å²) >= 11 is 0. The van der Waals surface area contributed by atoms with E-state index in [4.69, 9.17) is 0 Å². The third-order valence-electron chi connectivity index (χ3n) is 10.1. The van der Waals surface area contributed by atoms with Gasteiger partial charge in [-0.1, -0.05) is 38.8 Å². The molecule has 0 N–H and O–H groups in total. The minimum atomic E-state index is -0.254. The average molecular weight is 400 g/mol. The molecule has 3 fully saturated rings. The first-order chi connectivity index (χ1) is 13.8. The van der Waals surface area contributed by atoms with Crippen molar-refractivity contribution < 1.29 is 4.92 Å². The summed E-state index contributed by atoms with van der Waals surface area (Å²) in [6.07, 6.45) is 19.0. The van der Waals surface area contributed by atoms with Crippen molar-refractivity contribution in [2.75, 3.05) is 0 Å². The topological polar surface area (TPSA) is 43.1 Å². The highest BCUT2D eigenvalue weighted by atomic mass is 16.6. The molecule has 4 rings (SSSR count). The van der Waals surface area contributed by atoms with Gasteiger partial charge in [0.05, 0.1) is 4.92 Å². The Morgan fingerprint density at radius 2 is 2.03 bits per heavy atom. The summed E-state index contributed by atoms with van der Waals surface area (Å²) in [5.74, 6) is 4.16. The second-order valence-electron chi connectivity index (χ2n) is 11.4. The van der Waals surface area contributed by atoms with Gasteiger partial charge in [0, 0.05) is 6.92 Å². The lowest BCUT2D eigenvalue weighted by atomic mass is 9.47. The van der Waals surface area contributed by atoms with E-state index >= 15 is 0 Å². The maximum Gasteiger partial charge on any atom is 0.239 e. The lowest BCUT2D eigenvalue weighted by molar-refractivity contribution is -0.424. The Morgan fingerprint density at radius 3 is 2.79 bits per heavy atom. The van der Waals surface area contributed by atoms with Gasteiger partial charge in [-0.05, 0) is 111 Å². The van der Waals surface area contributed by atoms with E-state index in [1.807, 2.05) is 11.6 Å². The Balaban J connectivity index is 1.47. The molecular formula is C26H41NO2. The fourth-order valence-corrected chi connectivity index (χ4v) is 8.50. The van der Waals surface area contributed by atoms with Crippen molar-refractivity contribution in [3.05, 3.63) is 33.5 Å². The molecule has 29 heavy (non-hydrogen) atoms. The van der Waals surface area contributed by atoms with Crippen molar-refractivity contribution in [1.82, 2.24) is 0 Å². The number of nitrogens with zero attached hydrogens (tertiary/aromatic N) is 1. The van der Waals surface area contributed by atoms with Crippen LogP contribution < -0.4 is 0 Å². The van der Waals surface area contributed by atoms with E-state index in [0.717, 1.165) is 36.5 Å². The molecule has 162 valence electrons. The van der Waals surface area contributed by atoms with Crippen LogP contribution in [-0.2, 0) is 0 Å². The lowest BCUT2D eigenvalue weighted by Crippen LogP contribution is -2.50. The van der Waals surface area contributed by atoms with E-state index in [9.17, 15) is 10.1 Å². The monoisotopic (exact) mass is 399 g/mol. The smallest absolute Gasteiger partial charge is 0.239 e. The zero-order chi connectivity index (χ0) is 20.8. The number of rotatable bonds is 5. The molecule has 3 heteroatoms. The van der Waals surface area contributed by atoms with E-state index in [0.29, 0.717) is 22.4 Å². The van der Waals surface area contributed by atoms with Crippen molar-refractivity contribution in [1.29, 1.82) is 0 Å². The Labute approximate surface area is 177 Å². The van der Waals surface area contributed by atoms with Crippen molar-refractivity contribution in [2.45, 2.75) is 98.3 Å². The Hall–Kier alpha value is -1.12. The highest BCUT2D eigenvalue weighted by molar-refractivity contribution is 5.24. The quantitative estimate of drug-likeness (QED) is 0.272. The van der Waals surface area contributed by atoms with Crippen LogP contribution in [0.2, 0.25) is 0 Å². The summed E-state index contributed by atoms with van der Waals surface area (Å²) in [6.45, 7) is 9.26. The molecule has 0 aromatic rings. The van der Waals surface area contributed by atoms with Gasteiger partial charge in [0.25, 0.3) is 0 Å². The molecule has 0 radical (unpaired) electrons. The number of hydrogen-bond donors (Lipinski definition) is 0. The fourth-order valence-electron chi connectivity index (χ4n) is 8.50. The molecule has 0 unspecified atom stereocenters. The molecule has 0 saturated heterocycles. The third-order valence-corrected chi connectivity index (χ3v) is 10.1. The van der Waals surface area contributed by atoms with Crippen molar-refractivity contribution in [3.63, 3.8) is 0 Å². The molecule has 0 heterocycles. The highest BCUT2D eigenvalue weighted by Gasteiger charge is 2.58. The first-order valence-electron chi connectivity index (χ1n) is 12.3. The summed E-state index contributed by atoms with van der Waals surface area (Å²) in [5, 5.41) is 10.9. The van der Waals surface area contributed by atoms with Crippen LogP contribution >= 0.6 is 0 Å². The first kappa shape index (κ1) is 21.1. The molecule has 3 saturated carbocycles. The van der Waals surface area contributed by atoms with E-state index in [-0.39, 0.29) is 4.92 Å². The van der Waals surface area contributed by atoms with Gasteiger partial charge < -0.3 is 0 Å². The standard InChI is InChI=1S/C26H41NO2/c1-18(8-7-9-19(2)27(28)29)22-13-14-23-21-12-11-20-10-5-6-16-25(20,3)24(21)15-17-26(22,23)4/h9,11,18,21-24H,5-8,10,12-17H2,1-4H3/b19-9+/t18-,21+,22-,23+,24+,25+,26-/m1/s1. The summed E-state index contributed by atoms with van der Waals surface area (Å²) in [5.41, 5.74) is 3.10. The highest BCUT2D eigenvalue weighted by Crippen LogP contribution is 2.67. The summed E-state index contributed by atoms with van der Waals surface area (Å²) < 4.78 is 0. The number of allylic oxidation sites excluding steroid dienone is 4. The average Bonchev–Trinajstić information content (AvgIpc) is 3.04. The maximum absolute atomic E-state index is 10.9. The fraction of sp³-hybridized carbons (Fsp3) is 0.846. The second kappa shape index (κ2) is 7.85. The predicted octanol–water partition coefficient (Wildman–Crippen LogP) is 7.55. The van der Waals surface area contributed by atoms with Gasteiger partial charge in [-0.25, -0.2) is 0 Å². The molecule has 0 aromatic carbocycles. The number of fused-ring (bicyclic) bond motifs is 5. The van der Waals surface area contributed by atoms with Gasteiger partial charge in [-0.2, -0.15) is 0 Å². The molecule has 0 aromatic heterocycles. The van der Waals surface area contributed by atoms with Gasteiger partial charge in [-0.15, -0.1) is 0 Å². The largest absolute Gasteiger partial charge is 0.259 e. The van der Waals surface area contributed by atoms with Crippen LogP contribution in [0.4, 0.5) is 0 Å². The van der Waals surface area contributed by atoms with Crippen molar-refractivity contribution >= 4 is 0 Å². The predicted molar refractivity (Wildman–Crippen MR) is 119 cm³/mol. The Morgan fingerprint density at radius 1 is 1.24 bits per heavy atom. The summed E-state index contributed by atoms with van der Waals surface area (Å²) in [4.78, 5) is 10.6. The van der Waals surface area contributed by atoms with Crippen LogP contribution in [-0.4, -0.2) is 4.92 Å². The Kier molecular flexibility index (Phi) is 5.72. The molecule has 7 atom stereocenters. The lowest BCUT2D eigenvalue weighted by Gasteiger charge is -2.58. The van der Waals surface area contributed by atoms with Gasteiger partial charge >= 0.3 is 0 Å². The zero-order valence-electron chi connectivity index (χ0n) is 19.1. The SMILES string of the molecule is C/C(=C\CC[C@@H](C)[C@H]1CC[C@H]2[C@@H]3CC=C4CCCC[C@]4(C)[C@H]3CC[C@]12C)[N+](=O)[O-]. The zero-order valence-corrected chi connectivity index (χ0v) is 19.1. The molecule has 0 spiro atoms. The molecule has 0 aliphatic heterocycles. The van der Waals surface area contributed by atoms with Gasteiger partial charge in [0.15, 0.2) is 0 Å². The summed E-state index contributed by atoms with van der Waals surface area (Å²) in [6, 6.07) is 0. The minimum absolute atomic E-state index is 0.254. The number of nitro groups is 1. The molecule has 0 amide bonds. The summed E-state index contributed by atoms with van der Waals surface area (Å²) in [7, 11) is 0. The minimum Gasteiger partial charge on any atom is -0.259 e. The molecule has 4 aliphatic carbocycles. The normalized spacial score (nSPS) is 43.0. The van der Waals surface area contributed by atoms with E-state index in [1.54, 1.807) is 6.92 Å². The van der Waals surface area contributed by atoms with Crippen molar-refractivity contribution in [2.24, 2.45) is 40.4 Å². The third kappa shape index (κ3) is 3.51. The van der Waals surface area contributed by atoms with Crippen LogP contribution in [0.5, 0.6) is 0 Å². The Bertz CT molecular complexity index is 709. The van der Waals surface area contributed by atoms with Crippen LogP contribution in [0.25, 0.3) is 0 Å². The molecule has 3 nitrogen and oxygen atoms in total. The van der Waals surface area contributed by atoms with Gasteiger partial charge in [-0.3, -0.25) is 10.1 Å². The molecular weight excluding hydrogens is 358 g/mol. The van der Waals surface area contributed by atoms with Crippen LogP contribution in [0, 0.1) is 50.5 Å². The number of hydrogen-bond acceptors (Lipinski definition) is 2. The van der Waals surface area contributed by atoms with Gasteiger partial charge in [0.1, 0.15) is 0 Å². The first-order valence-corrected chi connectivity index (χ1v) is 12.3. The van der Waals surface area contributed by atoms with Crippen LogP contribution in [0.3, 0.4) is 0 Å². The molecule has 0 bridgehead atoms. The van der Waals surface area contributed by atoms with E-state index in [2.05, 4.69) is 26.8 Å². The van der Waals surface area contributed by atoms with Crippen molar-refractivity contribution in [3.8, 4) is 0 Å².